The summed E-state index contributed by atoms with van der Waals surface area (Å²) in [6, 6.07) is 9.27. The van der Waals surface area contributed by atoms with E-state index in [-0.39, 0.29) is 11.3 Å². The molecule has 2 atom stereocenters. The third kappa shape index (κ3) is 1.12. The van der Waals surface area contributed by atoms with Gasteiger partial charge >= 0.3 is 0 Å². The Labute approximate surface area is 115 Å². The van der Waals surface area contributed by atoms with Gasteiger partial charge in [-0.3, -0.25) is 14.2 Å². The van der Waals surface area contributed by atoms with Crippen molar-refractivity contribution in [2.75, 3.05) is 0 Å². The van der Waals surface area contributed by atoms with E-state index >= 15 is 0 Å². The number of aliphatic hydroxyl groups is 1. The lowest BCUT2D eigenvalue weighted by Crippen LogP contribution is -2.46. The number of carbonyl (C=O) groups excluding carboxylic acids is 1. The number of ketones is 1. The minimum absolute atomic E-state index is 0.0483. The van der Waals surface area contributed by atoms with Crippen LogP contribution in [0.3, 0.4) is 0 Å². The molecule has 2 aromatic rings. The molecule has 0 amide bonds. The normalized spacial score (nSPS) is 31.6. The Balaban J connectivity index is 2.12. The average molecular weight is 269 g/mol. The molecule has 1 aromatic carbocycles. The van der Waals surface area contributed by atoms with Gasteiger partial charge in [0.1, 0.15) is 5.78 Å². The fourth-order valence-corrected chi connectivity index (χ4v) is 3.87. The van der Waals surface area contributed by atoms with Gasteiger partial charge in [-0.15, -0.1) is 0 Å². The zero-order chi connectivity index (χ0) is 14.1. The number of Topliss-reactive ketones (excluding diaryl/α,β-unsaturated/α-hetero) is 1. The molecule has 4 rings (SSSR count). The molecule has 4 heteroatoms. The summed E-state index contributed by atoms with van der Waals surface area (Å²) in [5.74, 6) is 0.0483. The van der Waals surface area contributed by atoms with Crippen molar-refractivity contribution in [2.45, 2.75) is 31.9 Å². The zero-order valence-electron chi connectivity index (χ0n) is 11.2. The Kier molecular flexibility index (Phi) is 2.01. The van der Waals surface area contributed by atoms with Gasteiger partial charge in [0, 0.05) is 30.3 Å². The summed E-state index contributed by atoms with van der Waals surface area (Å²) in [7, 11) is 0. The molecule has 0 unspecified atom stereocenters. The maximum Gasteiger partial charge on any atom is 0.260 e. The van der Waals surface area contributed by atoms with Gasteiger partial charge in [-0.25, -0.2) is 0 Å². The standard InChI is InChI=1S/C16H15NO3/c1-15-9-11-8-10-4-2-3-5-12(10)14(19)17(11)16(15,20)7-6-13(15)18/h2-5,8,20H,6-7,9H2,1H3/t15-,16-/m0/s1. The number of pyridine rings is 1. The summed E-state index contributed by atoms with van der Waals surface area (Å²) in [6.07, 6.45) is 1.10. The third-order valence-electron chi connectivity index (χ3n) is 5.11. The van der Waals surface area contributed by atoms with Crippen LogP contribution in [0.2, 0.25) is 0 Å². The van der Waals surface area contributed by atoms with Crippen molar-refractivity contribution in [3.8, 4) is 0 Å². The molecule has 2 aliphatic rings. The van der Waals surface area contributed by atoms with Crippen LogP contribution in [-0.2, 0) is 16.9 Å². The van der Waals surface area contributed by atoms with Gasteiger partial charge < -0.3 is 5.11 Å². The number of benzene rings is 1. The van der Waals surface area contributed by atoms with Crippen LogP contribution in [0.1, 0.15) is 25.5 Å². The van der Waals surface area contributed by atoms with Crippen LogP contribution >= 0.6 is 0 Å². The lowest BCUT2D eigenvalue weighted by atomic mass is 9.80. The Morgan fingerprint density at radius 1 is 1.25 bits per heavy atom. The second-order valence-electron chi connectivity index (χ2n) is 6.11. The first-order chi connectivity index (χ1) is 9.47. The van der Waals surface area contributed by atoms with Crippen LogP contribution in [0, 0.1) is 5.41 Å². The van der Waals surface area contributed by atoms with E-state index in [1.165, 1.54) is 4.57 Å². The van der Waals surface area contributed by atoms with E-state index in [4.69, 9.17) is 0 Å². The summed E-state index contributed by atoms with van der Waals surface area (Å²) in [4.78, 5) is 24.9. The van der Waals surface area contributed by atoms with Crippen LogP contribution in [0.15, 0.2) is 35.1 Å². The maximum atomic E-state index is 12.7. The lowest BCUT2D eigenvalue weighted by Gasteiger charge is -2.32. The van der Waals surface area contributed by atoms with Crippen LogP contribution in [0.25, 0.3) is 10.8 Å². The molecule has 1 aliphatic heterocycles. The Morgan fingerprint density at radius 3 is 2.80 bits per heavy atom. The SMILES string of the molecule is C[C@@]12Cc3cc4ccccc4c(=O)n3[C@]1(O)CCC2=O. The first-order valence-electron chi connectivity index (χ1n) is 6.87. The highest BCUT2D eigenvalue weighted by Crippen LogP contribution is 2.53. The van der Waals surface area contributed by atoms with Crippen LogP contribution in [-0.4, -0.2) is 15.5 Å². The van der Waals surface area contributed by atoms with Crippen molar-refractivity contribution < 1.29 is 9.90 Å². The first kappa shape index (κ1) is 11.9. The van der Waals surface area contributed by atoms with E-state index in [1.54, 1.807) is 13.0 Å². The second-order valence-corrected chi connectivity index (χ2v) is 6.11. The number of hydrogen-bond donors (Lipinski definition) is 1. The Bertz CT molecular complexity index is 822. The molecule has 1 aliphatic carbocycles. The van der Waals surface area contributed by atoms with Gasteiger partial charge in [-0.1, -0.05) is 18.2 Å². The Morgan fingerprint density at radius 2 is 2.00 bits per heavy atom. The summed E-state index contributed by atoms with van der Waals surface area (Å²) < 4.78 is 1.46. The molecular weight excluding hydrogens is 254 g/mol. The second kappa shape index (κ2) is 3.38. The molecular formula is C16H15NO3. The Hall–Kier alpha value is -1.94. The number of aromatic nitrogens is 1. The first-order valence-corrected chi connectivity index (χ1v) is 6.87. The third-order valence-corrected chi connectivity index (χ3v) is 5.11. The van der Waals surface area contributed by atoms with Crippen molar-refractivity contribution in [3.63, 3.8) is 0 Å². The summed E-state index contributed by atoms with van der Waals surface area (Å²) in [5.41, 5.74) is -1.66. The minimum Gasteiger partial charge on any atom is -0.369 e. The molecule has 1 N–H and O–H groups in total. The highest BCUT2D eigenvalue weighted by molar-refractivity contribution is 5.90. The van der Waals surface area contributed by atoms with Crippen molar-refractivity contribution in [2.24, 2.45) is 5.41 Å². The van der Waals surface area contributed by atoms with E-state index in [9.17, 15) is 14.7 Å². The van der Waals surface area contributed by atoms with Gasteiger partial charge in [0.05, 0.1) is 5.41 Å². The van der Waals surface area contributed by atoms with E-state index < -0.39 is 11.1 Å². The number of hydrogen-bond acceptors (Lipinski definition) is 3. The smallest absolute Gasteiger partial charge is 0.260 e. The van der Waals surface area contributed by atoms with Crippen molar-refractivity contribution >= 4 is 16.6 Å². The van der Waals surface area contributed by atoms with E-state index in [1.807, 2.05) is 24.3 Å². The number of rotatable bonds is 0. The van der Waals surface area contributed by atoms with Gasteiger partial charge in [-0.05, 0) is 24.4 Å². The highest BCUT2D eigenvalue weighted by Gasteiger charge is 2.62. The molecule has 20 heavy (non-hydrogen) atoms. The predicted octanol–water partition coefficient (Wildman–Crippen LogP) is 1.57. The largest absolute Gasteiger partial charge is 0.369 e. The van der Waals surface area contributed by atoms with Crippen LogP contribution in [0.5, 0.6) is 0 Å². The molecule has 0 spiro atoms. The summed E-state index contributed by atoms with van der Waals surface area (Å²) >= 11 is 0. The van der Waals surface area contributed by atoms with Crippen LogP contribution < -0.4 is 5.56 Å². The fraction of sp³-hybridized carbons (Fsp3) is 0.375. The number of fused-ring (bicyclic) bond motifs is 4. The molecule has 1 aromatic heterocycles. The van der Waals surface area contributed by atoms with Crippen molar-refractivity contribution in [1.82, 2.24) is 4.57 Å². The van der Waals surface area contributed by atoms with Gasteiger partial charge in [-0.2, -0.15) is 0 Å². The molecule has 4 nitrogen and oxygen atoms in total. The van der Waals surface area contributed by atoms with E-state index in [0.717, 1.165) is 11.1 Å². The molecule has 1 saturated carbocycles. The van der Waals surface area contributed by atoms with Crippen molar-refractivity contribution in [1.29, 1.82) is 0 Å². The molecule has 2 heterocycles. The molecule has 0 bridgehead atoms. The average Bonchev–Trinajstić information content (AvgIpc) is 2.78. The molecule has 102 valence electrons. The zero-order valence-corrected chi connectivity index (χ0v) is 11.2. The fourth-order valence-electron chi connectivity index (χ4n) is 3.87. The van der Waals surface area contributed by atoms with Gasteiger partial charge in [0.2, 0.25) is 0 Å². The maximum absolute atomic E-state index is 12.7. The number of carbonyl (C=O) groups is 1. The minimum atomic E-state index is -1.36. The lowest BCUT2D eigenvalue weighted by molar-refractivity contribution is -0.142. The van der Waals surface area contributed by atoms with Gasteiger partial charge in [0.15, 0.2) is 5.72 Å². The van der Waals surface area contributed by atoms with Crippen molar-refractivity contribution in [3.05, 3.63) is 46.4 Å². The number of nitrogens with zero attached hydrogens (tertiary/aromatic N) is 1. The quantitative estimate of drug-likeness (QED) is 0.789. The summed E-state index contributed by atoms with van der Waals surface area (Å²) in [6.45, 7) is 1.78. The van der Waals surface area contributed by atoms with E-state index in [0.29, 0.717) is 24.6 Å². The van der Waals surface area contributed by atoms with Gasteiger partial charge in [0.25, 0.3) is 5.56 Å². The molecule has 0 radical (unpaired) electrons. The topological polar surface area (TPSA) is 59.3 Å². The molecule has 1 fully saturated rings. The van der Waals surface area contributed by atoms with E-state index in [2.05, 4.69) is 0 Å². The summed E-state index contributed by atoms with van der Waals surface area (Å²) in [5, 5.41) is 12.5. The van der Waals surface area contributed by atoms with Crippen LogP contribution in [0.4, 0.5) is 0 Å². The molecule has 0 saturated heterocycles. The predicted molar refractivity (Wildman–Crippen MR) is 74.5 cm³/mol. The monoisotopic (exact) mass is 269 g/mol. The highest BCUT2D eigenvalue weighted by atomic mass is 16.3.